The van der Waals surface area contributed by atoms with Gasteiger partial charge in [0.1, 0.15) is 5.82 Å². The molecule has 0 spiro atoms. The van der Waals surface area contributed by atoms with Crippen LogP contribution in [0.25, 0.3) is 0 Å². The molecule has 1 fully saturated rings. The zero-order chi connectivity index (χ0) is 9.31. The molecule has 0 aliphatic heterocycles. The third-order valence-electron chi connectivity index (χ3n) is 2.55. The first-order valence-electron chi connectivity index (χ1n) is 4.51. The van der Waals surface area contributed by atoms with Crippen LogP contribution in [0.2, 0.25) is 5.28 Å². The maximum Gasteiger partial charge on any atom is 0.224 e. The van der Waals surface area contributed by atoms with Gasteiger partial charge in [-0.3, -0.25) is 0 Å². The number of halogens is 1. The van der Waals surface area contributed by atoms with E-state index in [1.807, 2.05) is 6.07 Å². The number of anilines is 1. The van der Waals surface area contributed by atoms with E-state index in [4.69, 9.17) is 11.6 Å². The van der Waals surface area contributed by atoms with Crippen molar-refractivity contribution in [3.8, 4) is 0 Å². The molecule has 0 unspecified atom stereocenters. The molecule has 0 atom stereocenters. The van der Waals surface area contributed by atoms with Crippen LogP contribution in [0.4, 0.5) is 5.82 Å². The molecule has 1 aliphatic rings. The first-order valence-corrected chi connectivity index (χ1v) is 4.89. The molecule has 1 aromatic heterocycles. The third kappa shape index (κ3) is 1.91. The third-order valence-corrected chi connectivity index (χ3v) is 2.73. The summed E-state index contributed by atoms with van der Waals surface area (Å²) in [4.78, 5) is 7.92. The molecular formula is C9H12ClN3. The van der Waals surface area contributed by atoms with E-state index in [9.17, 15) is 0 Å². The van der Waals surface area contributed by atoms with Gasteiger partial charge < -0.3 is 5.32 Å². The number of aromatic nitrogens is 2. The molecule has 1 aliphatic carbocycles. The van der Waals surface area contributed by atoms with E-state index in [2.05, 4.69) is 22.2 Å². The molecule has 1 heterocycles. The van der Waals surface area contributed by atoms with Gasteiger partial charge in [0.25, 0.3) is 0 Å². The molecule has 1 saturated carbocycles. The van der Waals surface area contributed by atoms with Gasteiger partial charge in [-0.15, -0.1) is 0 Å². The minimum Gasteiger partial charge on any atom is -0.365 e. The average Bonchev–Trinajstić information content (AvgIpc) is 2.86. The molecule has 2 rings (SSSR count). The summed E-state index contributed by atoms with van der Waals surface area (Å²) in [5.74, 6) is 0.833. The van der Waals surface area contributed by atoms with Gasteiger partial charge in [-0.2, -0.15) is 0 Å². The summed E-state index contributed by atoms with van der Waals surface area (Å²) in [7, 11) is 0. The van der Waals surface area contributed by atoms with Gasteiger partial charge in [0.15, 0.2) is 0 Å². The van der Waals surface area contributed by atoms with E-state index in [0.29, 0.717) is 5.28 Å². The normalized spacial score (nSPS) is 18.3. The summed E-state index contributed by atoms with van der Waals surface area (Å²) in [6.45, 7) is 2.18. The van der Waals surface area contributed by atoms with Crippen molar-refractivity contribution in [2.24, 2.45) is 0 Å². The summed E-state index contributed by atoms with van der Waals surface area (Å²) in [6, 6.07) is 1.85. The van der Waals surface area contributed by atoms with Crippen LogP contribution in [0, 0.1) is 0 Å². The van der Waals surface area contributed by atoms with Crippen LogP contribution >= 0.6 is 11.6 Å². The van der Waals surface area contributed by atoms with E-state index in [1.165, 1.54) is 12.8 Å². The van der Waals surface area contributed by atoms with Crippen molar-refractivity contribution in [3.63, 3.8) is 0 Å². The monoisotopic (exact) mass is 197 g/mol. The van der Waals surface area contributed by atoms with Gasteiger partial charge in [0.2, 0.25) is 5.28 Å². The second kappa shape index (κ2) is 3.14. The lowest BCUT2D eigenvalue weighted by Crippen LogP contribution is -2.20. The van der Waals surface area contributed by atoms with Crippen LogP contribution in [0.15, 0.2) is 12.3 Å². The predicted molar refractivity (Wildman–Crippen MR) is 52.9 cm³/mol. The van der Waals surface area contributed by atoms with Crippen molar-refractivity contribution in [1.29, 1.82) is 0 Å². The number of nitrogens with one attached hydrogen (secondary N) is 1. The topological polar surface area (TPSA) is 37.8 Å². The van der Waals surface area contributed by atoms with Gasteiger partial charge in [0.05, 0.1) is 0 Å². The maximum absolute atomic E-state index is 5.68. The number of nitrogens with zero attached hydrogens (tertiary/aromatic N) is 2. The molecule has 70 valence electrons. The lowest BCUT2D eigenvalue weighted by molar-refractivity contribution is 0.697. The molecule has 1 aromatic rings. The fourth-order valence-electron chi connectivity index (χ4n) is 1.39. The highest BCUT2D eigenvalue weighted by Gasteiger charge is 2.40. The highest BCUT2D eigenvalue weighted by atomic mass is 35.5. The Morgan fingerprint density at radius 2 is 2.38 bits per heavy atom. The van der Waals surface area contributed by atoms with Crippen molar-refractivity contribution in [1.82, 2.24) is 9.97 Å². The van der Waals surface area contributed by atoms with Gasteiger partial charge in [0, 0.05) is 11.7 Å². The lowest BCUT2D eigenvalue weighted by atomic mass is 10.2. The predicted octanol–water partition coefficient (Wildman–Crippen LogP) is 2.48. The van der Waals surface area contributed by atoms with Crippen molar-refractivity contribution in [2.75, 3.05) is 5.32 Å². The zero-order valence-corrected chi connectivity index (χ0v) is 8.30. The van der Waals surface area contributed by atoms with E-state index in [0.717, 1.165) is 12.2 Å². The minimum absolute atomic E-state index is 0.289. The molecular weight excluding hydrogens is 186 g/mol. The Labute approximate surface area is 82.5 Å². The maximum atomic E-state index is 5.68. The van der Waals surface area contributed by atoms with Crippen molar-refractivity contribution < 1.29 is 0 Å². The number of hydrogen-bond donors (Lipinski definition) is 1. The van der Waals surface area contributed by atoms with Gasteiger partial charge in [-0.25, -0.2) is 9.97 Å². The van der Waals surface area contributed by atoms with E-state index >= 15 is 0 Å². The standard InChI is InChI=1S/C9H12ClN3/c1-2-9(4-5-9)13-7-3-6-11-8(10)12-7/h3,6H,2,4-5H2,1H3,(H,11,12,13). The first kappa shape index (κ1) is 8.75. The van der Waals surface area contributed by atoms with Crippen LogP contribution in [0.3, 0.4) is 0 Å². The first-order chi connectivity index (χ1) is 6.24. The molecule has 3 nitrogen and oxygen atoms in total. The van der Waals surface area contributed by atoms with Crippen LogP contribution in [0.5, 0.6) is 0 Å². The Morgan fingerprint density at radius 3 is 2.92 bits per heavy atom. The minimum atomic E-state index is 0.289. The van der Waals surface area contributed by atoms with E-state index in [1.54, 1.807) is 6.20 Å². The summed E-state index contributed by atoms with van der Waals surface area (Å²) >= 11 is 5.68. The molecule has 0 amide bonds. The fraction of sp³-hybridized carbons (Fsp3) is 0.556. The summed E-state index contributed by atoms with van der Waals surface area (Å²) in [5.41, 5.74) is 0.289. The molecule has 0 saturated heterocycles. The Morgan fingerprint density at radius 1 is 1.62 bits per heavy atom. The Balaban J connectivity index is 2.09. The highest BCUT2D eigenvalue weighted by molar-refractivity contribution is 6.28. The van der Waals surface area contributed by atoms with E-state index in [-0.39, 0.29) is 5.54 Å². The zero-order valence-electron chi connectivity index (χ0n) is 7.55. The quantitative estimate of drug-likeness (QED) is 0.757. The molecule has 0 radical (unpaired) electrons. The lowest BCUT2D eigenvalue weighted by Gasteiger charge is -2.15. The van der Waals surface area contributed by atoms with Crippen LogP contribution in [-0.4, -0.2) is 15.5 Å². The van der Waals surface area contributed by atoms with Crippen molar-refractivity contribution in [2.45, 2.75) is 31.7 Å². The van der Waals surface area contributed by atoms with Gasteiger partial charge in [-0.1, -0.05) is 6.92 Å². The summed E-state index contributed by atoms with van der Waals surface area (Å²) in [6.07, 6.45) is 5.26. The second-order valence-electron chi connectivity index (χ2n) is 3.47. The van der Waals surface area contributed by atoms with E-state index < -0.39 is 0 Å². The molecule has 0 aromatic carbocycles. The van der Waals surface area contributed by atoms with Crippen molar-refractivity contribution in [3.05, 3.63) is 17.5 Å². The Kier molecular flexibility index (Phi) is 2.12. The molecule has 4 heteroatoms. The molecule has 13 heavy (non-hydrogen) atoms. The Bertz CT molecular complexity index is 309. The highest BCUT2D eigenvalue weighted by Crippen LogP contribution is 2.41. The SMILES string of the molecule is CCC1(Nc2ccnc(Cl)n2)CC1. The second-order valence-corrected chi connectivity index (χ2v) is 3.81. The summed E-state index contributed by atoms with van der Waals surface area (Å²) < 4.78 is 0. The van der Waals surface area contributed by atoms with Gasteiger partial charge >= 0.3 is 0 Å². The average molecular weight is 198 g/mol. The molecule has 0 bridgehead atoms. The molecule has 1 N–H and O–H groups in total. The van der Waals surface area contributed by atoms with Crippen molar-refractivity contribution >= 4 is 17.4 Å². The van der Waals surface area contributed by atoms with Crippen LogP contribution in [-0.2, 0) is 0 Å². The smallest absolute Gasteiger partial charge is 0.224 e. The fourth-order valence-corrected chi connectivity index (χ4v) is 1.54. The van der Waals surface area contributed by atoms with Gasteiger partial charge in [-0.05, 0) is 36.9 Å². The largest absolute Gasteiger partial charge is 0.365 e. The summed E-state index contributed by atoms with van der Waals surface area (Å²) in [5, 5.41) is 3.69. The van der Waals surface area contributed by atoms with Crippen LogP contribution in [0.1, 0.15) is 26.2 Å². The number of rotatable bonds is 3. The Hall–Kier alpha value is -0.830. The number of hydrogen-bond acceptors (Lipinski definition) is 3. The van der Waals surface area contributed by atoms with Crippen LogP contribution < -0.4 is 5.32 Å².